The Balaban J connectivity index is 1.82. The summed E-state index contributed by atoms with van der Waals surface area (Å²) in [4.78, 5) is 11.8. The van der Waals surface area contributed by atoms with Crippen LogP contribution in [0.2, 0.25) is 0 Å². The van der Waals surface area contributed by atoms with Crippen molar-refractivity contribution in [3.05, 3.63) is 35.3 Å². The van der Waals surface area contributed by atoms with E-state index in [1.54, 1.807) is 0 Å². The fourth-order valence-corrected chi connectivity index (χ4v) is 2.18. The van der Waals surface area contributed by atoms with Gasteiger partial charge < -0.3 is 10.1 Å². The molecule has 1 heterocycles. The van der Waals surface area contributed by atoms with Crippen LogP contribution in [0, 0.1) is 5.41 Å². The molecule has 1 amide bonds. The van der Waals surface area contributed by atoms with E-state index >= 15 is 0 Å². The molecular weight excluding hydrogens is 286 g/mol. The molecule has 0 atom stereocenters. The van der Waals surface area contributed by atoms with Crippen molar-refractivity contribution in [2.75, 3.05) is 11.9 Å². The summed E-state index contributed by atoms with van der Waals surface area (Å²) in [7, 11) is 0. The zero-order chi connectivity index (χ0) is 15.3. The number of anilines is 1. The van der Waals surface area contributed by atoms with Crippen molar-refractivity contribution in [1.29, 1.82) is 0 Å². The first-order chi connectivity index (χ1) is 9.95. The molecule has 0 aliphatic rings. The fraction of sp³-hybridized carbons (Fsp3) is 0.400. The topological polar surface area (TPSA) is 64.1 Å². The summed E-state index contributed by atoms with van der Waals surface area (Å²) in [5, 5.41) is 12.2. The second kappa shape index (κ2) is 6.67. The molecule has 0 saturated heterocycles. The number of amides is 1. The van der Waals surface area contributed by atoms with Gasteiger partial charge in [0, 0.05) is 11.8 Å². The number of carbonyl (C=O) groups excluding carboxylic acids is 1. The average Bonchev–Trinajstić information content (AvgIpc) is 2.86. The maximum absolute atomic E-state index is 11.8. The van der Waals surface area contributed by atoms with Crippen LogP contribution in [0.4, 0.5) is 5.13 Å². The first kappa shape index (κ1) is 15.4. The van der Waals surface area contributed by atoms with Crippen LogP contribution in [0.1, 0.15) is 25.8 Å². The molecular formula is C15H19N3O2S. The van der Waals surface area contributed by atoms with Gasteiger partial charge in [-0.15, -0.1) is 10.2 Å². The first-order valence-corrected chi connectivity index (χ1v) is 7.58. The number of rotatable bonds is 5. The summed E-state index contributed by atoms with van der Waals surface area (Å²) in [5.41, 5.74) is -0.442. The molecule has 0 fully saturated rings. The molecule has 0 radical (unpaired) electrons. The fourth-order valence-electron chi connectivity index (χ4n) is 1.46. The van der Waals surface area contributed by atoms with E-state index in [0.29, 0.717) is 18.2 Å². The van der Waals surface area contributed by atoms with Gasteiger partial charge in [0.05, 0.1) is 6.61 Å². The van der Waals surface area contributed by atoms with Crippen molar-refractivity contribution >= 4 is 22.4 Å². The highest BCUT2D eigenvalue weighted by molar-refractivity contribution is 7.15. The molecule has 6 heteroatoms. The normalized spacial score (nSPS) is 11.2. The van der Waals surface area contributed by atoms with Crippen LogP contribution in [-0.4, -0.2) is 22.7 Å². The highest BCUT2D eigenvalue weighted by Gasteiger charge is 2.22. The largest absolute Gasteiger partial charge is 0.493 e. The Kier molecular flexibility index (Phi) is 4.90. The van der Waals surface area contributed by atoms with Crippen LogP contribution >= 0.6 is 11.3 Å². The number of hydrogen-bond donors (Lipinski definition) is 1. The van der Waals surface area contributed by atoms with Gasteiger partial charge >= 0.3 is 0 Å². The molecule has 2 aromatic rings. The smallest absolute Gasteiger partial charge is 0.231 e. The standard InChI is InChI=1S/C15H19N3O2S/c1-15(2,3)13(19)16-14-18-17-12(21-14)9-10-20-11-7-5-4-6-8-11/h4-8H,9-10H2,1-3H3,(H,16,18,19). The van der Waals surface area contributed by atoms with Crippen molar-refractivity contribution in [3.63, 3.8) is 0 Å². The van der Waals surface area contributed by atoms with Gasteiger partial charge in [-0.25, -0.2) is 0 Å². The molecule has 5 nitrogen and oxygen atoms in total. The summed E-state index contributed by atoms with van der Waals surface area (Å²) in [5.74, 6) is 0.772. The number of hydrogen-bond acceptors (Lipinski definition) is 5. The van der Waals surface area contributed by atoms with Gasteiger partial charge in [-0.2, -0.15) is 0 Å². The van der Waals surface area contributed by atoms with E-state index in [9.17, 15) is 4.79 Å². The van der Waals surface area contributed by atoms with Crippen molar-refractivity contribution in [2.24, 2.45) is 5.41 Å². The second-order valence-corrected chi connectivity index (χ2v) is 6.68. The summed E-state index contributed by atoms with van der Waals surface area (Å²) in [6, 6.07) is 9.63. The van der Waals surface area contributed by atoms with Crippen LogP contribution in [-0.2, 0) is 11.2 Å². The number of carbonyl (C=O) groups is 1. The van der Waals surface area contributed by atoms with Gasteiger partial charge in [-0.05, 0) is 12.1 Å². The highest BCUT2D eigenvalue weighted by atomic mass is 32.1. The minimum Gasteiger partial charge on any atom is -0.493 e. The van der Waals surface area contributed by atoms with E-state index in [1.165, 1.54) is 11.3 Å². The van der Waals surface area contributed by atoms with Crippen LogP contribution in [0.25, 0.3) is 0 Å². The lowest BCUT2D eigenvalue weighted by Crippen LogP contribution is -2.27. The molecule has 0 aliphatic heterocycles. The van der Waals surface area contributed by atoms with Gasteiger partial charge in [0.15, 0.2) is 0 Å². The number of aromatic nitrogens is 2. The Morgan fingerprint density at radius 3 is 2.62 bits per heavy atom. The highest BCUT2D eigenvalue weighted by Crippen LogP contribution is 2.20. The number of benzene rings is 1. The lowest BCUT2D eigenvalue weighted by atomic mass is 9.96. The zero-order valence-corrected chi connectivity index (χ0v) is 13.2. The Labute approximate surface area is 128 Å². The number of para-hydroxylation sites is 1. The van der Waals surface area contributed by atoms with Crippen molar-refractivity contribution in [2.45, 2.75) is 27.2 Å². The van der Waals surface area contributed by atoms with Crippen molar-refractivity contribution in [1.82, 2.24) is 10.2 Å². The monoisotopic (exact) mass is 305 g/mol. The molecule has 0 spiro atoms. The molecule has 21 heavy (non-hydrogen) atoms. The van der Waals surface area contributed by atoms with Gasteiger partial charge in [0.1, 0.15) is 10.8 Å². The molecule has 1 aromatic heterocycles. The Hall–Kier alpha value is -1.95. The van der Waals surface area contributed by atoms with Crippen molar-refractivity contribution < 1.29 is 9.53 Å². The van der Waals surface area contributed by atoms with Gasteiger partial charge in [0.2, 0.25) is 11.0 Å². The quantitative estimate of drug-likeness (QED) is 0.921. The minimum absolute atomic E-state index is 0.0641. The average molecular weight is 305 g/mol. The zero-order valence-electron chi connectivity index (χ0n) is 12.4. The van der Waals surface area contributed by atoms with E-state index in [2.05, 4.69) is 15.5 Å². The molecule has 0 saturated carbocycles. The van der Waals surface area contributed by atoms with Crippen LogP contribution < -0.4 is 10.1 Å². The van der Waals surface area contributed by atoms with Crippen LogP contribution in [0.3, 0.4) is 0 Å². The molecule has 0 bridgehead atoms. The lowest BCUT2D eigenvalue weighted by Gasteiger charge is -2.15. The summed E-state index contributed by atoms with van der Waals surface area (Å²) in [6.07, 6.45) is 0.665. The first-order valence-electron chi connectivity index (χ1n) is 6.77. The number of nitrogens with zero attached hydrogens (tertiary/aromatic N) is 2. The molecule has 1 aromatic carbocycles. The molecule has 0 aliphatic carbocycles. The third kappa shape index (κ3) is 4.82. The number of nitrogens with one attached hydrogen (secondary N) is 1. The van der Waals surface area contributed by atoms with E-state index in [1.807, 2.05) is 51.1 Å². The Bertz CT molecular complexity index is 590. The Morgan fingerprint density at radius 2 is 1.95 bits per heavy atom. The van der Waals surface area contributed by atoms with Gasteiger partial charge in [-0.1, -0.05) is 50.3 Å². The molecule has 2 rings (SSSR count). The second-order valence-electron chi connectivity index (χ2n) is 5.62. The van der Waals surface area contributed by atoms with Crippen molar-refractivity contribution in [3.8, 4) is 5.75 Å². The molecule has 112 valence electrons. The van der Waals surface area contributed by atoms with Gasteiger partial charge in [0.25, 0.3) is 0 Å². The van der Waals surface area contributed by atoms with Gasteiger partial charge in [-0.3, -0.25) is 4.79 Å². The third-order valence-electron chi connectivity index (χ3n) is 2.70. The van der Waals surface area contributed by atoms with E-state index in [0.717, 1.165) is 10.8 Å². The number of ether oxygens (including phenoxy) is 1. The summed E-state index contributed by atoms with van der Waals surface area (Å²) in [6.45, 7) is 6.11. The molecule has 0 unspecified atom stereocenters. The summed E-state index contributed by atoms with van der Waals surface area (Å²) >= 11 is 1.38. The third-order valence-corrected chi connectivity index (χ3v) is 3.59. The van der Waals surface area contributed by atoms with E-state index < -0.39 is 5.41 Å². The minimum atomic E-state index is -0.442. The Morgan fingerprint density at radius 1 is 1.24 bits per heavy atom. The van der Waals surface area contributed by atoms with E-state index in [-0.39, 0.29) is 5.91 Å². The summed E-state index contributed by atoms with van der Waals surface area (Å²) < 4.78 is 5.61. The lowest BCUT2D eigenvalue weighted by molar-refractivity contribution is -0.123. The maximum Gasteiger partial charge on any atom is 0.231 e. The van der Waals surface area contributed by atoms with Crippen LogP contribution in [0.15, 0.2) is 30.3 Å². The van der Waals surface area contributed by atoms with E-state index in [4.69, 9.17) is 4.74 Å². The SMILES string of the molecule is CC(C)(C)C(=O)Nc1nnc(CCOc2ccccc2)s1. The van der Waals surface area contributed by atoms with Crippen LogP contribution in [0.5, 0.6) is 5.75 Å². The molecule has 1 N–H and O–H groups in total. The predicted molar refractivity (Wildman–Crippen MR) is 83.6 cm³/mol. The maximum atomic E-state index is 11.8. The predicted octanol–water partition coefficient (Wildman–Crippen LogP) is 3.14.